The van der Waals surface area contributed by atoms with Crippen LogP contribution in [0.5, 0.6) is 0 Å². The Kier molecular flexibility index (Phi) is 6.95. The Morgan fingerprint density at radius 1 is 1.11 bits per heavy atom. The van der Waals surface area contributed by atoms with E-state index in [1.54, 1.807) is 29.5 Å². The first-order chi connectivity index (χ1) is 13.5. The van der Waals surface area contributed by atoms with Crippen LogP contribution in [0.1, 0.15) is 20.9 Å². The van der Waals surface area contributed by atoms with Crippen molar-refractivity contribution < 1.29 is 9.59 Å². The van der Waals surface area contributed by atoms with Gasteiger partial charge in [0, 0.05) is 27.5 Å². The number of hydrogen-bond acceptors (Lipinski definition) is 4. The summed E-state index contributed by atoms with van der Waals surface area (Å²) in [6.45, 7) is 2.46. The molecule has 5 nitrogen and oxygen atoms in total. The molecule has 2 aromatic carbocycles. The molecule has 0 radical (unpaired) electrons. The summed E-state index contributed by atoms with van der Waals surface area (Å²) in [5.74, 6) is -0.484. The standard InChI is InChI=1S/C21H20BrN3O2S/c1-14-25-19(13-28-14)16-7-5-15(6-8-16)9-10-23-20(26)12-24-21(27)17-3-2-4-18(22)11-17/h2-8,11,13H,9-10,12H2,1H3,(H,23,26)(H,24,27). The Bertz CT molecular complexity index is 970. The number of carbonyl (C=O) groups is 2. The summed E-state index contributed by atoms with van der Waals surface area (Å²) in [5, 5.41) is 8.55. The van der Waals surface area contributed by atoms with Gasteiger partial charge in [-0.1, -0.05) is 46.3 Å². The van der Waals surface area contributed by atoms with Crippen LogP contribution in [0.2, 0.25) is 0 Å². The quantitative estimate of drug-likeness (QED) is 0.563. The lowest BCUT2D eigenvalue weighted by atomic mass is 10.1. The van der Waals surface area contributed by atoms with Crippen LogP contribution in [0.3, 0.4) is 0 Å². The lowest BCUT2D eigenvalue weighted by Crippen LogP contribution is -2.37. The van der Waals surface area contributed by atoms with Crippen LogP contribution < -0.4 is 10.6 Å². The van der Waals surface area contributed by atoms with E-state index in [2.05, 4.69) is 31.5 Å². The molecule has 0 spiro atoms. The van der Waals surface area contributed by atoms with E-state index in [1.807, 2.05) is 42.6 Å². The molecule has 0 saturated heterocycles. The number of nitrogens with one attached hydrogen (secondary N) is 2. The Hall–Kier alpha value is -2.51. The minimum absolute atomic E-state index is 0.0482. The van der Waals surface area contributed by atoms with E-state index in [0.29, 0.717) is 12.1 Å². The number of aromatic nitrogens is 1. The highest BCUT2D eigenvalue weighted by atomic mass is 79.9. The molecule has 0 bridgehead atoms. The van der Waals surface area contributed by atoms with Gasteiger partial charge < -0.3 is 10.6 Å². The number of carbonyl (C=O) groups excluding carboxylic acids is 2. The average Bonchev–Trinajstić information content (AvgIpc) is 3.13. The molecule has 0 aliphatic rings. The van der Waals surface area contributed by atoms with Crippen molar-refractivity contribution >= 4 is 39.1 Å². The van der Waals surface area contributed by atoms with Crippen LogP contribution >= 0.6 is 27.3 Å². The molecule has 7 heteroatoms. The molecule has 28 heavy (non-hydrogen) atoms. The van der Waals surface area contributed by atoms with Crippen molar-refractivity contribution in [2.75, 3.05) is 13.1 Å². The third-order valence-electron chi connectivity index (χ3n) is 4.10. The molecule has 0 unspecified atom stereocenters. The highest BCUT2D eigenvalue weighted by Gasteiger charge is 2.08. The maximum atomic E-state index is 12.0. The zero-order chi connectivity index (χ0) is 19.9. The molecule has 3 aromatic rings. The highest BCUT2D eigenvalue weighted by Crippen LogP contribution is 2.21. The van der Waals surface area contributed by atoms with Crippen LogP contribution in [-0.2, 0) is 11.2 Å². The second kappa shape index (κ2) is 9.61. The summed E-state index contributed by atoms with van der Waals surface area (Å²) in [4.78, 5) is 28.4. The summed E-state index contributed by atoms with van der Waals surface area (Å²) < 4.78 is 0.820. The van der Waals surface area contributed by atoms with E-state index in [-0.39, 0.29) is 18.4 Å². The van der Waals surface area contributed by atoms with E-state index in [0.717, 1.165) is 32.7 Å². The molecule has 0 fully saturated rings. The zero-order valence-corrected chi connectivity index (χ0v) is 17.8. The maximum absolute atomic E-state index is 12.0. The zero-order valence-electron chi connectivity index (χ0n) is 15.4. The van der Waals surface area contributed by atoms with Crippen molar-refractivity contribution in [1.82, 2.24) is 15.6 Å². The fourth-order valence-electron chi connectivity index (χ4n) is 2.64. The van der Waals surface area contributed by atoms with Crippen molar-refractivity contribution in [2.24, 2.45) is 0 Å². The Balaban J connectivity index is 1.41. The van der Waals surface area contributed by atoms with E-state index in [4.69, 9.17) is 0 Å². The highest BCUT2D eigenvalue weighted by molar-refractivity contribution is 9.10. The van der Waals surface area contributed by atoms with Crippen LogP contribution in [0.4, 0.5) is 0 Å². The molecule has 1 heterocycles. The lowest BCUT2D eigenvalue weighted by Gasteiger charge is -2.08. The van der Waals surface area contributed by atoms with E-state index in [1.165, 1.54) is 0 Å². The third kappa shape index (κ3) is 5.74. The molecule has 2 amide bonds. The van der Waals surface area contributed by atoms with Crippen LogP contribution in [0.15, 0.2) is 58.4 Å². The molecule has 1 aromatic heterocycles. The first kappa shape index (κ1) is 20.2. The second-order valence-electron chi connectivity index (χ2n) is 6.24. The summed E-state index contributed by atoms with van der Waals surface area (Å²) in [6.07, 6.45) is 0.724. The molecule has 2 N–H and O–H groups in total. The summed E-state index contributed by atoms with van der Waals surface area (Å²) >= 11 is 4.96. The van der Waals surface area contributed by atoms with Crippen molar-refractivity contribution in [2.45, 2.75) is 13.3 Å². The average molecular weight is 458 g/mol. The first-order valence-corrected chi connectivity index (χ1v) is 10.5. The molecular formula is C21H20BrN3O2S. The third-order valence-corrected chi connectivity index (χ3v) is 5.37. The summed E-state index contributed by atoms with van der Waals surface area (Å²) in [6, 6.07) is 15.2. The number of nitrogens with zero attached hydrogens (tertiary/aromatic N) is 1. The van der Waals surface area contributed by atoms with Gasteiger partial charge in [-0.3, -0.25) is 9.59 Å². The van der Waals surface area contributed by atoms with Gasteiger partial charge in [-0.15, -0.1) is 11.3 Å². The van der Waals surface area contributed by atoms with E-state index < -0.39 is 0 Å². The number of aryl methyl sites for hydroxylation is 1. The molecule has 0 aliphatic heterocycles. The molecule has 0 aliphatic carbocycles. The smallest absolute Gasteiger partial charge is 0.251 e. The van der Waals surface area contributed by atoms with Crippen molar-refractivity contribution in [3.63, 3.8) is 0 Å². The fourth-order valence-corrected chi connectivity index (χ4v) is 3.66. The van der Waals surface area contributed by atoms with Gasteiger partial charge in [-0.2, -0.15) is 0 Å². The van der Waals surface area contributed by atoms with Gasteiger partial charge in [0.2, 0.25) is 5.91 Å². The van der Waals surface area contributed by atoms with Gasteiger partial charge in [0.15, 0.2) is 0 Å². The number of rotatable bonds is 7. The summed E-state index contributed by atoms with van der Waals surface area (Å²) in [7, 11) is 0. The minimum atomic E-state index is -0.274. The Labute approximate surface area is 176 Å². The minimum Gasteiger partial charge on any atom is -0.354 e. The number of thiazole rings is 1. The van der Waals surface area contributed by atoms with Crippen LogP contribution in [-0.4, -0.2) is 29.9 Å². The van der Waals surface area contributed by atoms with Crippen LogP contribution in [0, 0.1) is 6.92 Å². The Morgan fingerprint density at radius 2 is 1.89 bits per heavy atom. The molecular weight excluding hydrogens is 438 g/mol. The van der Waals surface area contributed by atoms with Gasteiger partial charge in [-0.05, 0) is 37.1 Å². The van der Waals surface area contributed by atoms with E-state index >= 15 is 0 Å². The normalized spacial score (nSPS) is 10.5. The number of halogens is 1. The maximum Gasteiger partial charge on any atom is 0.251 e. The van der Waals surface area contributed by atoms with Crippen molar-refractivity contribution in [3.05, 3.63) is 74.5 Å². The van der Waals surface area contributed by atoms with Gasteiger partial charge in [-0.25, -0.2) is 4.98 Å². The number of benzene rings is 2. The van der Waals surface area contributed by atoms with Gasteiger partial charge in [0.1, 0.15) is 0 Å². The van der Waals surface area contributed by atoms with E-state index in [9.17, 15) is 9.59 Å². The number of hydrogen-bond donors (Lipinski definition) is 2. The molecule has 3 rings (SSSR count). The molecule has 0 saturated carbocycles. The SMILES string of the molecule is Cc1nc(-c2ccc(CCNC(=O)CNC(=O)c3cccc(Br)c3)cc2)cs1. The predicted molar refractivity (Wildman–Crippen MR) is 115 cm³/mol. The van der Waals surface area contributed by atoms with Crippen molar-refractivity contribution in [1.29, 1.82) is 0 Å². The second-order valence-corrected chi connectivity index (χ2v) is 8.22. The topological polar surface area (TPSA) is 71.1 Å². The monoisotopic (exact) mass is 457 g/mol. The lowest BCUT2D eigenvalue weighted by molar-refractivity contribution is -0.120. The molecule has 0 atom stereocenters. The first-order valence-electron chi connectivity index (χ1n) is 8.83. The fraction of sp³-hybridized carbons (Fsp3) is 0.190. The summed E-state index contributed by atoms with van der Waals surface area (Å²) in [5.41, 5.74) is 3.72. The van der Waals surface area contributed by atoms with Gasteiger partial charge >= 0.3 is 0 Å². The number of amides is 2. The Morgan fingerprint density at radius 3 is 2.57 bits per heavy atom. The van der Waals surface area contributed by atoms with Gasteiger partial charge in [0.05, 0.1) is 17.2 Å². The van der Waals surface area contributed by atoms with Crippen LogP contribution in [0.25, 0.3) is 11.3 Å². The largest absolute Gasteiger partial charge is 0.354 e. The van der Waals surface area contributed by atoms with Gasteiger partial charge in [0.25, 0.3) is 5.91 Å². The van der Waals surface area contributed by atoms with Crippen molar-refractivity contribution in [3.8, 4) is 11.3 Å². The predicted octanol–water partition coefficient (Wildman–Crippen LogP) is 3.97. The molecule has 144 valence electrons.